The van der Waals surface area contributed by atoms with E-state index < -0.39 is 22.3 Å². The molecule has 8 nitrogen and oxygen atoms in total. The van der Waals surface area contributed by atoms with Crippen LogP contribution in [-0.2, 0) is 6.42 Å². The van der Waals surface area contributed by atoms with Crippen LogP contribution in [0.4, 0.5) is 10.1 Å². The number of hydrogen-bond donors (Lipinski definition) is 2. The second kappa shape index (κ2) is 6.55. The third-order valence-electron chi connectivity index (χ3n) is 2.75. The third-order valence-corrected chi connectivity index (χ3v) is 2.75. The Morgan fingerprint density at radius 1 is 1.48 bits per heavy atom. The molecular weight excluding hydrogens is 281 g/mol. The van der Waals surface area contributed by atoms with Gasteiger partial charge in [0.1, 0.15) is 12.2 Å². The first kappa shape index (κ1) is 14.6. The minimum Gasteiger partial charge on any atom is -0.352 e. The molecule has 1 heterocycles. The van der Waals surface area contributed by atoms with E-state index in [1.807, 2.05) is 0 Å². The number of halogens is 1. The first-order chi connectivity index (χ1) is 10.1. The van der Waals surface area contributed by atoms with Crippen LogP contribution in [-0.4, -0.2) is 32.6 Å². The standard InChI is InChI=1S/C12H12FN5O3/c13-9-6-8(3-4-10(9)18(20)21)12(19)14-5-1-2-11-15-7-16-17-11/h3-4,6-7H,1-2,5H2,(H,14,19)(H,15,16,17). The van der Waals surface area contributed by atoms with Gasteiger partial charge in [0.2, 0.25) is 5.82 Å². The Balaban J connectivity index is 1.85. The van der Waals surface area contributed by atoms with Crippen molar-refractivity contribution in [3.05, 3.63) is 51.8 Å². The van der Waals surface area contributed by atoms with E-state index in [1.54, 1.807) is 0 Å². The topological polar surface area (TPSA) is 114 Å². The van der Waals surface area contributed by atoms with Crippen LogP contribution in [0.2, 0.25) is 0 Å². The van der Waals surface area contributed by atoms with Gasteiger partial charge in [-0.25, -0.2) is 4.98 Å². The summed E-state index contributed by atoms with van der Waals surface area (Å²) in [5.41, 5.74) is -0.616. The van der Waals surface area contributed by atoms with Crippen molar-refractivity contribution in [3.63, 3.8) is 0 Å². The first-order valence-corrected chi connectivity index (χ1v) is 6.14. The summed E-state index contributed by atoms with van der Waals surface area (Å²) in [6.07, 6.45) is 2.65. The van der Waals surface area contributed by atoms with Crippen molar-refractivity contribution in [3.8, 4) is 0 Å². The number of hydrogen-bond acceptors (Lipinski definition) is 5. The van der Waals surface area contributed by atoms with Crippen molar-refractivity contribution in [1.29, 1.82) is 0 Å². The zero-order chi connectivity index (χ0) is 15.2. The molecule has 0 aliphatic heterocycles. The van der Waals surface area contributed by atoms with E-state index in [2.05, 4.69) is 20.5 Å². The highest BCUT2D eigenvalue weighted by Crippen LogP contribution is 2.17. The molecule has 110 valence electrons. The van der Waals surface area contributed by atoms with Crippen LogP contribution in [0.5, 0.6) is 0 Å². The van der Waals surface area contributed by atoms with Crippen molar-refractivity contribution in [2.75, 3.05) is 6.54 Å². The Labute approximate surface area is 118 Å². The van der Waals surface area contributed by atoms with Crippen molar-refractivity contribution in [1.82, 2.24) is 20.5 Å². The van der Waals surface area contributed by atoms with Crippen molar-refractivity contribution < 1.29 is 14.1 Å². The fourth-order valence-corrected chi connectivity index (χ4v) is 1.71. The number of benzene rings is 1. The van der Waals surface area contributed by atoms with Gasteiger partial charge in [0.05, 0.1) is 4.92 Å². The van der Waals surface area contributed by atoms with E-state index >= 15 is 0 Å². The van der Waals surface area contributed by atoms with Crippen molar-refractivity contribution in [2.24, 2.45) is 0 Å². The minimum absolute atomic E-state index is 0.0396. The number of H-pyrrole nitrogens is 1. The Kier molecular flexibility index (Phi) is 4.54. The quantitative estimate of drug-likeness (QED) is 0.472. The first-order valence-electron chi connectivity index (χ1n) is 6.14. The number of aromatic amines is 1. The molecule has 0 unspecified atom stereocenters. The number of nitro benzene ring substituents is 1. The van der Waals surface area contributed by atoms with Crippen LogP contribution in [0.1, 0.15) is 22.6 Å². The summed E-state index contributed by atoms with van der Waals surface area (Å²) in [7, 11) is 0. The lowest BCUT2D eigenvalue weighted by molar-refractivity contribution is -0.387. The maximum Gasteiger partial charge on any atom is 0.304 e. The number of nitrogens with one attached hydrogen (secondary N) is 2. The lowest BCUT2D eigenvalue weighted by Gasteiger charge is -2.04. The molecule has 0 aliphatic rings. The smallest absolute Gasteiger partial charge is 0.304 e. The predicted molar refractivity (Wildman–Crippen MR) is 70.1 cm³/mol. The number of aromatic nitrogens is 3. The lowest BCUT2D eigenvalue weighted by atomic mass is 10.2. The molecular formula is C12H12FN5O3. The molecule has 2 N–H and O–H groups in total. The highest BCUT2D eigenvalue weighted by molar-refractivity contribution is 5.94. The summed E-state index contributed by atoms with van der Waals surface area (Å²) in [4.78, 5) is 25.3. The van der Waals surface area contributed by atoms with E-state index in [0.29, 0.717) is 25.2 Å². The summed E-state index contributed by atoms with van der Waals surface area (Å²) in [6, 6.07) is 3.04. The Hall–Kier alpha value is -2.84. The number of carbonyl (C=O) groups is 1. The fourth-order valence-electron chi connectivity index (χ4n) is 1.71. The van der Waals surface area contributed by atoms with Gasteiger partial charge in [-0.2, -0.15) is 9.49 Å². The highest BCUT2D eigenvalue weighted by atomic mass is 19.1. The Morgan fingerprint density at radius 3 is 2.90 bits per heavy atom. The van der Waals surface area contributed by atoms with E-state index in [0.717, 1.165) is 12.1 Å². The molecule has 0 atom stereocenters. The molecule has 1 amide bonds. The number of rotatable bonds is 6. The van der Waals surface area contributed by atoms with Gasteiger partial charge in [-0.3, -0.25) is 20.0 Å². The molecule has 1 aromatic heterocycles. The van der Waals surface area contributed by atoms with Crippen LogP contribution in [0.15, 0.2) is 24.5 Å². The average Bonchev–Trinajstić information content (AvgIpc) is 2.96. The Bertz CT molecular complexity index is 644. The van der Waals surface area contributed by atoms with Gasteiger partial charge in [-0.1, -0.05) is 0 Å². The average molecular weight is 293 g/mol. The van der Waals surface area contributed by atoms with Crippen LogP contribution >= 0.6 is 0 Å². The van der Waals surface area contributed by atoms with Gasteiger partial charge >= 0.3 is 5.69 Å². The van der Waals surface area contributed by atoms with Crippen LogP contribution in [0.25, 0.3) is 0 Å². The molecule has 1 aromatic carbocycles. The molecule has 0 saturated heterocycles. The number of nitro groups is 1. The molecule has 0 radical (unpaired) electrons. The fraction of sp³-hybridized carbons (Fsp3) is 0.250. The number of nitrogens with zero attached hydrogens (tertiary/aromatic N) is 3. The van der Waals surface area contributed by atoms with Crippen LogP contribution in [0.3, 0.4) is 0 Å². The SMILES string of the molecule is O=C(NCCCc1ncn[nH]1)c1ccc([N+](=O)[O-])c(F)c1. The monoisotopic (exact) mass is 293 g/mol. The highest BCUT2D eigenvalue weighted by Gasteiger charge is 2.16. The number of amides is 1. The third kappa shape index (κ3) is 3.81. The molecule has 0 bridgehead atoms. The normalized spacial score (nSPS) is 10.3. The Morgan fingerprint density at radius 2 is 2.29 bits per heavy atom. The van der Waals surface area contributed by atoms with Gasteiger partial charge in [0.15, 0.2) is 0 Å². The second-order valence-electron chi connectivity index (χ2n) is 4.21. The van der Waals surface area contributed by atoms with E-state index in [9.17, 15) is 19.3 Å². The van der Waals surface area contributed by atoms with Crippen LogP contribution in [0, 0.1) is 15.9 Å². The summed E-state index contributed by atoms with van der Waals surface area (Å²) in [5, 5.41) is 19.5. The second-order valence-corrected chi connectivity index (χ2v) is 4.21. The van der Waals surface area contributed by atoms with Gasteiger partial charge in [0, 0.05) is 24.6 Å². The van der Waals surface area contributed by atoms with E-state index in [4.69, 9.17) is 0 Å². The summed E-state index contributed by atoms with van der Waals surface area (Å²) < 4.78 is 13.4. The van der Waals surface area contributed by atoms with Crippen LogP contribution < -0.4 is 5.32 Å². The number of aryl methyl sites for hydroxylation is 1. The summed E-state index contributed by atoms with van der Waals surface area (Å²) in [6.45, 7) is 0.373. The zero-order valence-electron chi connectivity index (χ0n) is 10.9. The van der Waals surface area contributed by atoms with Gasteiger partial charge in [-0.15, -0.1) is 0 Å². The summed E-state index contributed by atoms with van der Waals surface area (Å²) in [5.74, 6) is -0.804. The molecule has 21 heavy (non-hydrogen) atoms. The molecule has 0 fully saturated rings. The van der Waals surface area contributed by atoms with Gasteiger partial charge in [-0.05, 0) is 18.6 Å². The molecule has 9 heteroatoms. The van der Waals surface area contributed by atoms with E-state index in [1.165, 1.54) is 12.4 Å². The molecule has 0 saturated carbocycles. The molecule has 0 spiro atoms. The number of carbonyl (C=O) groups excluding carboxylic acids is 1. The largest absolute Gasteiger partial charge is 0.352 e. The summed E-state index contributed by atoms with van der Waals surface area (Å²) >= 11 is 0. The predicted octanol–water partition coefficient (Wildman–Crippen LogP) is 1.21. The van der Waals surface area contributed by atoms with Crippen molar-refractivity contribution >= 4 is 11.6 Å². The molecule has 2 aromatic rings. The maximum atomic E-state index is 13.4. The molecule has 2 rings (SSSR count). The maximum absolute atomic E-state index is 13.4. The van der Waals surface area contributed by atoms with Gasteiger partial charge < -0.3 is 5.32 Å². The lowest BCUT2D eigenvalue weighted by Crippen LogP contribution is -2.25. The van der Waals surface area contributed by atoms with Crippen molar-refractivity contribution in [2.45, 2.75) is 12.8 Å². The van der Waals surface area contributed by atoms with Gasteiger partial charge in [0.25, 0.3) is 5.91 Å². The zero-order valence-corrected chi connectivity index (χ0v) is 10.9. The minimum atomic E-state index is -1.03. The van der Waals surface area contributed by atoms with E-state index in [-0.39, 0.29) is 5.56 Å². The molecule has 0 aliphatic carbocycles.